The fraction of sp³-hybridized carbons (Fsp3) is 0.474. The lowest BCUT2D eigenvalue weighted by atomic mass is 9.84. The van der Waals surface area contributed by atoms with Gasteiger partial charge in [-0.3, -0.25) is 9.80 Å². The zero-order valence-electron chi connectivity index (χ0n) is 15.0. The molecular weight excluding hydrogens is 362 g/mol. The quantitative estimate of drug-likeness (QED) is 0.691. The highest BCUT2D eigenvalue weighted by Gasteiger charge is 2.43. The Morgan fingerprint density at radius 1 is 1.08 bits per heavy atom. The van der Waals surface area contributed by atoms with E-state index in [1.807, 2.05) is 11.3 Å². The fourth-order valence-electron chi connectivity index (χ4n) is 4.49. The average Bonchev–Trinajstić information content (AvgIpc) is 3.37. The molecule has 1 fully saturated rings. The van der Waals surface area contributed by atoms with Gasteiger partial charge in [0, 0.05) is 31.1 Å². The number of thiophene rings is 2. The van der Waals surface area contributed by atoms with Crippen molar-refractivity contribution in [3.05, 3.63) is 45.7 Å². The van der Waals surface area contributed by atoms with Gasteiger partial charge in [-0.15, -0.1) is 32.9 Å². The van der Waals surface area contributed by atoms with Crippen LogP contribution in [0.3, 0.4) is 0 Å². The van der Waals surface area contributed by atoms with E-state index >= 15 is 0 Å². The van der Waals surface area contributed by atoms with Crippen LogP contribution in [0, 0.1) is 0 Å². The van der Waals surface area contributed by atoms with E-state index in [2.05, 4.69) is 66.6 Å². The Balaban J connectivity index is 1.44. The molecule has 7 heteroatoms. The minimum atomic E-state index is 0.122. The molecule has 136 valence electrons. The summed E-state index contributed by atoms with van der Waals surface area (Å²) in [5.41, 5.74) is 0.122. The second kappa shape index (κ2) is 6.56. The molecule has 0 radical (unpaired) electrons. The molecule has 2 aliphatic heterocycles. The molecule has 0 bridgehead atoms. The van der Waals surface area contributed by atoms with E-state index in [0.29, 0.717) is 0 Å². The summed E-state index contributed by atoms with van der Waals surface area (Å²) >= 11 is 3.62. The SMILES string of the molecule is CN1Cc2nnc(-c3cccs3)n2C2(CCN(Cc3cccs3)CC2)C1. The molecule has 3 aromatic heterocycles. The summed E-state index contributed by atoms with van der Waals surface area (Å²) in [5, 5.41) is 13.4. The fourth-order valence-corrected chi connectivity index (χ4v) is 5.93. The van der Waals surface area contributed by atoms with Crippen LogP contribution in [-0.4, -0.2) is 51.2 Å². The van der Waals surface area contributed by atoms with Gasteiger partial charge in [-0.1, -0.05) is 12.1 Å². The first kappa shape index (κ1) is 16.6. The molecule has 0 N–H and O–H groups in total. The van der Waals surface area contributed by atoms with Crippen LogP contribution in [-0.2, 0) is 18.6 Å². The largest absolute Gasteiger partial charge is 0.302 e. The number of rotatable bonds is 3. The summed E-state index contributed by atoms with van der Waals surface area (Å²) in [4.78, 5) is 7.71. The van der Waals surface area contributed by atoms with Crippen LogP contribution < -0.4 is 0 Å². The van der Waals surface area contributed by atoms with Crippen LogP contribution >= 0.6 is 22.7 Å². The Morgan fingerprint density at radius 2 is 1.88 bits per heavy atom. The second-order valence-corrected chi connectivity index (χ2v) is 9.48. The van der Waals surface area contributed by atoms with Gasteiger partial charge in [0.15, 0.2) is 5.82 Å². The third-order valence-electron chi connectivity index (χ3n) is 5.67. The Kier molecular flexibility index (Phi) is 4.20. The lowest BCUT2D eigenvalue weighted by Gasteiger charge is -2.48. The Hall–Kier alpha value is -1.54. The van der Waals surface area contributed by atoms with E-state index < -0.39 is 0 Å². The molecule has 1 saturated heterocycles. The molecular formula is C19H23N5S2. The number of aromatic nitrogens is 3. The van der Waals surface area contributed by atoms with Crippen molar-refractivity contribution >= 4 is 22.7 Å². The standard InChI is InChI=1S/C19H23N5S2/c1-22-13-17-20-21-18(16-5-3-11-26-16)24(17)19(14-22)6-8-23(9-7-19)12-15-4-2-10-25-15/h2-5,10-11H,6-9,12-14H2,1H3. The molecule has 1 spiro atoms. The van der Waals surface area contributed by atoms with Crippen LogP contribution in [0.25, 0.3) is 10.7 Å². The first-order chi connectivity index (χ1) is 12.7. The first-order valence-electron chi connectivity index (χ1n) is 9.15. The van der Waals surface area contributed by atoms with Crippen molar-refractivity contribution in [1.29, 1.82) is 0 Å². The van der Waals surface area contributed by atoms with Crippen molar-refractivity contribution in [3.8, 4) is 10.7 Å². The third kappa shape index (κ3) is 2.83. The molecule has 5 nitrogen and oxygen atoms in total. The van der Waals surface area contributed by atoms with Crippen molar-refractivity contribution in [1.82, 2.24) is 24.6 Å². The maximum atomic E-state index is 4.59. The summed E-state index contributed by atoms with van der Waals surface area (Å²) < 4.78 is 2.49. The highest BCUT2D eigenvalue weighted by Crippen LogP contribution is 2.40. The molecule has 0 unspecified atom stereocenters. The van der Waals surface area contributed by atoms with Gasteiger partial charge in [0.1, 0.15) is 5.82 Å². The van der Waals surface area contributed by atoms with E-state index in [0.717, 1.165) is 57.2 Å². The number of likely N-dealkylation sites (tertiary alicyclic amines) is 1. The zero-order valence-corrected chi connectivity index (χ0v) is 16.6. The first-order valence-corrected chi connectivity index (χ1v) is 10.9. The predicted octanol–water partition coefficient (Wildman–Crippen LogP) is 3.50. The smallest absolute Gasteiger partial charge is 0.174 e. The molecule has 3 aromatic rings. The molecule has 0 amide bonds. The highest BCUT2D eigenvalue weighted by atomic mass is 32.1. The number of hydrogen-bond donors (Lipinski definition) is 0. The van der Waals surface area contributed by atoms with Crippen molar-refractivity contribution in [3.63, 3.8) is 0 Å². The maximum absolute atomic E-state index is 4.59. The summed E-state index contributed by atoms with van der Waals surface area (Å²) in [7, 11) is 2.21. The van der Waals surface area contributed by atoms with Crippen molar-refractivity contribution < 1.29 is 0 Å². The summed E-state index contributed by atoms with van der Waals surface area (Å²) in [6, 6.07) is 8.67. The monoisotopic (exact) mass is 385 g/mol. The Morgan fingerprint density at radius 3 is 2.62 bits per heavy atom. The minimum absolute atomic E-state index is 0.122. The van der Waals surface area contributed by atoms with Crippen LogP contribution in [0.15, 0.2) is 35.0 Å². The van der Waals surface area contributed by atoms with Gasteiger partial charge in [0.25, 0.3) is 0 Å². The molecule has 0 atom stereocenters. The number of piperidine rings is 1. The average molecular weight is 386 g/mol. The van der Waals surface area contributed by atoms with Gasteiger partial charge in [-0.2, -0.15) is 0 Å². The summed E-state index contributed by atoms with van der Waals surface area (Å²) in [6.07, 6.45) is 2.32. The third-order valence-corrected chi connectivity index (χ3v) is 7.39. The van der Waals surface area contributed by atoms with Gasteiger partial charge >= 0.3 is 0 Å². The normalized spacial score (nSPS) is 20.5. The lowest BCUT2D eigenvalue weighted by molar-refractivity contribution is 0.0494. The molecule has 26 heavy (non-hydrogen) atoms. The number of hydrogen-bond acceptors (Lipinski definition) is 6. The Bertz CT molecular complexity index is 860. The van der Waals surface area contributed by atoms with Crippen molar-refractivity contribution in [2.24, 2.45) is 0 Å². The van der Waals surface area contributed by atoms with E-state index in [9.17, 15) is 0 Å². The van der Waals surface area contributed by atoms with E-state index in [-0.39, 0.29) is 5.54 Å². The van der Waals surface area contributed by atoms with Crippen LogP contribution in [0.2, 0.25) is 0 Å². The molecule has 0 aromatic carbocycles. The predicted molar refractivity (Wildman–Crippen MR) is 106 cm³/mol. The zero-order chi connectivity index (χ0) is 17.6. The van der Waals surface area contributed by atoms with E-state index in [4.69, 9.17) is 0 Å². The topological polar surface area (TPSA) is 37.2 Å². The Labute approximate surface area is 161 Å². The van der Waals surface area contributed by atoms with Gasteiger partial charge < -0.3 is 4.57 Å². The van der Waals surface area contributed by atoms with E-state index in [1.165, 1.54) is 9.75 Å². The number of nitrogens with zero attached hydrogens (tertiary/aromatic N) is 5. The highest BCUT2D eigenvalue weighted by molar-refractivity contribution is 7.13. The number of fused-ring (bicyclic) bond motifs is 2. The van der Waals surface area contributed by atoms with E-state index in [1.54, 1.807) is 11.3 Å². The van der Waals surface area contributed by atoms with Gasteiger partial charge in [-0.25, -0.2) is 0 Å². The summed E-state index contributed by atoms with van der Waals surface area (Å²) in [6.45, 7) is 5.32. The van der Waals surface area contributed by atoms with Crippen LogP contribution in [0.1, 0.15) is 23.5 Å². The second-order valence-electron chi connectivity index (χ2n) is 7.50. The van der Waals surface area contributed by atoms with Gasteiger partial charge in [0.2, 0.25) is 0 Å². The van der Waals surface area contributed by atoms with Gasteiger partial charge in [-0.05, 0) is 42.8 Å². The van der Waals surface area contributed by atoms with Crippen molar-refractivity contribution in [2.75, 3.05) is 26.7 Å². The minimum Gasteiger partial charge on any atom is -0.302 e. The lowest BCUT2D eigenvalue weighted by Crippen LogP contribution is -2.55. The molecule has 5 rings (SSSR count). The molecule has 0 aliphatic carbocycles. The van der Waals surface area contributed by atoms with Crippen molar-refractivity contribution in [2.45, 2.75) is 31.5 Å². The maximum Gasteiger partial charge on any atom is 0.174 e. The number of likely N-dealkylation sites (N-methyl/N-ethyl adjacent to an activating group) is 1. The van der Waals surface area contributed by atoms with Crippen LogP contribution in [0.4, 0.5) is 0 Å². The van der Waals surface area contributed by atoms with Gasteiger partial charge in [0.05, 0.1) is 17.0 Å². The molecule has 2 aliphatic rings. The molecule has 5 heterocycles. The molecule has 0 saturated carbocycles. The summed E-state index contributed by atoms with van der Waals surface area (Å²) in [5.74, 6) is 2.18. The van der Waals surface area contributed by atoms with Crippen LogP contribution in [0.5, 0.6) is 0 Å².